The highest BCUT2D eigenvalue weighted by atomic mass is 35.5. The van der Waals surface area contributed by atoms with Gasteiger partial charge in [0.05, 0.1) is 17.0 Å². The van der Waals surface area contributed by atoms with Gasteiger partial charge in [0.1, 0.15) is 0 Å². The summed E-state index contributed by atoms with van der Waals surface area (Å²) in [5.74, 6) is -0.0126. The minimum atomic E-state index is -0.0126. The average Bonchev–Trinajstić information content (AvgIpc) is 2.54. The molecule has 2 N–H and O–H groups in total. The Bertz CT molecular complexity index is 733. The van der Waals surface area contributed by atoms with Crippen LogP contribution in [0.2, 0.25) is 0 Å². The fraction of sp³-hybridized carbons (Fsp3) is 0.353. The smallest absolute Gasteiger partial charge is 0.260 e. The molecule has 5 nitrogen and oxygen atoms in total. The number of carbonyl (C=O) groups is 1. The molecule has 1 aliphatic rings. The SMILES string of the molecule is CCc1nnc(C)cc1C(=O)N1CCCc2c(N)cccc21.Cl. The number of hydrogen-bond acceptors (Lipinski definition) is 4. The number of hydrogen-bond donors (Lipinski definition) is 1. The molecule has 0 bridgehead atoms. The number of fused-ring (bicyclic) bond motifs is 1. The van der Waals surface area contributed by atoms with Gasteiger partial charge < -0.3 is 10.6 Å². The maximum atomic E-state index is 13.0. The van der Waals surface area contributed by atoms with E-state index in [1.165, 1.54) is 0 Å². The van der Waals surface area contributed by atoms with E-state index in [-0.39, 0.29) is 18.3 Å². The molecule has 2 heterocycles. The van der Waals surface area contributed by atoms with Gasteiger partial charge >= 0.3 is 0 Å². The second kappa shape index (κ2) is 6.96. The van der Waals surface area contributed by atoms with Crippen molar-refractivity contribution in [2.45, 2.75) is 33.1 Å². The minimum absolute atomic E-state index is 0. The molecule has 0 aliphatic carbocycles. The Hall–Kier alpha value is -2.14. The van der Waals surface area contributed by atoms with Gasteiger partial charge in [-0.1, -0.05) is 13.0 Å². The van der Waals surface area contributed by atoms with Crippen molar-refractivity contribution in [2.24, 2.45) is 0 Å². The third-order valence-electron chi connectivity index (χ3n) is 4.09. The van der Waals surface area contributed by atoms with Crippen molar-refractivity contribution in [1.82, 2.24) is 10.2 Å². The maximum absolute atomic E-state index is 13.0. The van der Waals surface area contributed by atoms with Crippen LogP contribution in [-0.2, 0) is 12.8 Å². The fourth-order valence-electron chi connectivity index (χ4n) is 2.97. The van der Waals surface area contributed by atoms with Crippen molar-refractivity contribution in [3.8, 4) is 0 Å². The van der Waals surface area contributed by atoms with Crippen molar-refractivity contribution in [3.63, 3.8) is 0 Å². The Balaban J connectivity index is 0.00000192. The first kappa shape index (κ1) is 17.2. The maximum Gasteiger partial charge on any atom is 0.260 e. The van der Waals surface area contributed by atoms with Crippen LogP contribution in [0.15, 0.2) is 24.3 Å². The Morgan fingerprint density at radius 1 is 1.35 bits per heavy atom. The highest BCUT2D eigenvalue weighted by molar-refractivity contribution is 6.07. The number of aryl methyl sites for hydroxylation is 2. The van der Waals surface area contributed by atoms with E-state index in [0.29, 0.717) is 18.5 Å². The number of amides is 1. The van der Waals surface area contributed by atoms with Gasteiger partial charge in [-0.15, -0.1) is 12.4 Å². The topological polar surface area (TPSA) is 72.1 Å². The number of benzene rings is 1. The Kier molecular flexibility index (Phi) is 5.21. The van der Waals surface area contributed by atoms with Crippen LogP contribution in [-0.4, -0.2) is 22.6 Å². The molecule has 23 heavy (non-hydrogen) atoms. The fourth-order valence-corrected chi connectivity index (χ4v) is 2.97. The summed E-state index contributed by atoms with van der Waals surface area (Å²) in [5.41, 5.74) is 11.0. The molecule has 1 aromatic heterocycles. The van der Waals surface area contributed by atoms with E-state index in [1.807, 2.05) is 43.0 Å². The first-order valence-electron chi connectivity index (χ1n) is 7.64. The molecule has 0 radical (unpaired) electrons. The summed E-state index contributed by atoms with van der Waals surface area (Å²) in [6.07, 6.45) is 2.53. The van der Waals surface area contributed by atoms with Crippen molar-refractivity contribution < 1.29 is 4.79 Å². The zero-order valence-electron chi connectivity index (χ0n) is 13.4. The Morgan fingerprint density at radius 2 is 2.13 bits per heavy atom. The molecule has 6 heteroatoms. The first-order chi connectivity index (χ1) is 10.6. The largest absolute Gasteiger partial charge is 0.398 e. The summed E-state index contributed by atoms with van der Waals surface area (Å²) < 4.78 is 0. The van der Waals surface area contributed by atoms with Crippen LogP contribution < -0.4 is 10.6 Å². The van der Waals surface area contributed by atoms with E-state index < -0.39 is 0 Å². The Morgan fingerprint density at radius 3 is 2.87 bits per heavy atom. The van der Waals surface area contributed by atoms with E-state index in [2.05, 4.69) is 10.2 Å². The van der Waals surface area contributed by atoms with Crippen molar-refractivity contribution in [2.75, 3.05) is 17.2 Å². The molecule has 0 fully saturated rings. The summed E-state index contributed by atoms with van der Waals surface area (Å²) in [6.45, 7) is 4.55. The van der Waals surface area contributed by atoms with Gasteiger partial charge in [0.2, 0.25) is 0 Å². The molecule has 3 rings (SSSR count). The van der Waals surface area contributed by atoms with Gasteiger partial charge in [-0.2, -0.15) is 10.2 Å². The summed E-state index contributed by atoms with van der Waals surface area (Å²) in [7, 11) is 0. The van der Waals surface area contributed by atoms with Crippen LogP contribution in [0.5, 0.6) is 0 Å². The lowest BCUT2D eigenvalue weighted by atomic mass is 9.98. The molecule has 122 valence electrons. The summed E-state index contributed by atoms with van der Waals surface area (Å²) in [6, 6.07) is 7.59. The molecule has 1 amide bonds. The Labute approximate surface area is 142 Å². The lowest BCUT2D eigenvalue weighted by Gasteiger charge is -2.30. The molecule has 2 aromatic rings. The van der Waals surface area contributed by atoms with Crippen molar-refractivity contribution in [3.05, 3.63) is 46.8 Å². The molecular weight excluding hydrogens is 312 g/mol. The monoisotopic (exact) mass is 332 g/mol. The molecule has 0 unspecified atom stereocenters. The molecule has 1 aromatic carbocycles. The van der Waals surface area contributed by atoms with Gasteiger partial charge in [-0.3, -0.25) is 4.79 Å². The number of anilines is 2. The highest BCUT2D eigenvalue weighted by Gasteiger charge is 2.26. The van der Waals surface area contributed by atoms with Gasteiger partial charge in [0, 0.05) is 17.9 Å². The summed E-state index contributed by atoms with van der Waals surface area (Å²) in [4.78, 5) is 14.8. The van der Waals surface area contributed by atoms with E-state index in [1.54, 1.807) is 0 Å². The summed E-state index contributed by atoms with van der Waals surface area (Å²) >= 11 is 0. The van der Waals surface area contributed by atoms with Crippen LogP contribution in [0, 0.1) is 6.92 Å². The van der Waals surface area contributed by atoms with Gasteiger partial charge in [-0.25, -0.2) is 0 Å². The van der Waals surface area contributed by atoms with Crippen molar-refractivity contribution in [1.29, 1.82) is 0 Å². The molecule has 0 saturated heterocycles. The van der Waals surface area contributed by atoms with Crippen LogP contribution in [0.25, 0.3) is 0 Å². The average molecular weight is 333 g/mol. The normalized spacial score (nSPS) is 13.2. The zero-order valence-corrected chi connectivity index (χ0v) is 14.2. The van der Waals surface area contributed by atoms with E-state index in [9.17, 15) is 4.79 Å². The summed E-state index contributed by atoms with van der Waals surface area (Å²) in [5, 5.41) is 8.22. The van der Waals surface area contributed by atoms with Crippen LogP contribution in [0.4, 0.5) is 11.4 Å². The van der Waals surface area contributed by atoms with E-state index in [0.717, 1.165) is 41.2 Å². The molecular formula is C17H21ClN4O. The van der Waals surface area contributed by atoms with Crippen molar-refractivity contribution >= 4 is 29.7 Å². The number of halogens is 1. The van der Waals surface area contributed by atoms with Gasteiger partial charge in [-0.05, 0) is 49.9 Å². The molecule has 0 spiro atoms. The standard InChI is InChI=1S/C17H20N4O.ClH/c1-3-15-13(10-11(2)19-20-15)17(22)21-9-5-6-12-14(18)7-4-8-16(12)21;/h4,7-8,10H,3,5-6,9,18H2,1-2H3;1H. The van der Waals surface area contributed by atoms with Gasteiger partial charge in [0.25, 0.3) is 5.91 Å². The number of rotatable bonds is 2. The second-order valence-electron chi connectivity index (χ2n) is 5.60. The zero-order chi connectivity index (χ0) is 15.7. The molecule has 0 saturated carbocycles. The number of nitrogen functional groups attached to an aromatic ring is 1. The number of aromatic nitrogens is 2. The van der Waals surface area contributed by atoms with E-state index >= 15 is 0 Å². The highest BCUT2D eigenvalue weighted by Crippen LogP contribution is 2.32. The third kappa shape index (κ3) is 3.15. The lowest BCUT2D eigenvalue weighted by molar-refractivity contribution is 0.0983. The second-order valence-corrected chi connectivity index (χ2v) is 5.60. The van der Waals surface area contributed by atoms with Crippen LogP contribution >= 0.6 is 12.4 Å². The third-order valence-corrected chi connectivity index (χ3v) is 4.09. The first-order valence-corrected chi connectivity index (χ1v) is 7.64. The van der Waals surface area contributed by atoms with Crippen LogP contribution in [0.1, 0.15) is 40.7 Å². The quantitative estimate of drug-likeness (QED) is 0.858. The lowest BCUT2D eigenvalue weighted by Crippen LogP contribution is -2.36. The van der Waals surface area contributed by atoms with E-state index in [4.69, 9.17) is 5.73 Å². The van der Waals surface area contributed by atoms with Crippen LogP contribution in [0.3, 0.4) is 0 Å². The number of nitrogens with zero attached hydrogens (tertiary/aromatic N) is 3. The predicted octanol–water partition coefficient (Wildman–Crippen LogP) is 2.94. The molecule has 0 atom stereocenters. The number of nitrogens with two attached hydrogens (primary N) is 1. The minimum Gasteiger partial charge on any atom is -0.398 e. The number of carbonyl (C=O) groups excluding carboxylic acids is 1. The predicted molar refractivity (Wildman–Crippen MR) is 94.2 cm³/mol. The van der Waals surface area contributed by atoms with Gasteiger partial charge in [0.15, 0.2) is 0 Å². The molecule has 1 aliphatic heterocycles.